The van der Waals surface area contributed by atoms with E-state index in [1.807, 2.05) is 42.0 Å². The number of rotatable bonds is 3. The molecule has 2 rings (SSSR count). The number of ether oxygens (including phenoxy) is 1. The van der Waals surface area contributed by atoms with Crippen molar-refractivity contribution in [2.45, 2.75) is 26.8 Å². The highest BCUT2D eigenvalue weighted by atomic mass is 79.9. The predicted octanol–water partition coefficient (Wildman–Crippen LogP) is 4.33. The van der Waals surface area contributed by atoms with Gasteiger partial charge in [-0.1, -0.05) is 12.1 Å². The lowest BCUT2D eigenvalue weighted by molar-refractivity contribution is 0.394. The summed E-state index contributed by atoms with van der Waals surface area (Å²) >= 11 is 3.46. The Morgan fingerprint density at radius 2 is 2.00 bits per heavy atom. The second-order valence-electron chi connectivity index (χ2n) is 4.20. The zero-order valence-corrected chi connectivity index (χ0v) is 11.7. The van der Waals surface area contributed by atoms with E-state index in [2.05, 4.69) is 34.8 Å². The van der Waals surface area contributed by atoms with Gasteiger partial charge in [0.1, 0.15) is 5.75 Å². The number of halogens is 1. The summed E-state index contributed by atoms with van der Waals surface area (Å²) in [6.07, 6.45) is 2.00. The van der Waals surface area contributed by atoms with E-state index in [4.69, 9.17) is 4.74 Å². The molecular weight excluding hydrogens is 280 g/mol. The molecule has 17 heavy (non-hydrogen) atoms. The Labute approximate surface area is 110 Å². The number of nitrogens with zero attached hydrogens (tertiary/aromatic N) is 2. The minimum Gasteiger partial charge on any atom is -0.424 e. The number of aryl methyl sites for hydroxylation is 1. The van der Waals surface area contributed by atoms with Crippen LogP contribution >= 0.6 is 15.9 Å². The quantitative estimate of drug-likeness (QED) is 0.842. The van der Waals surface area contributed by atoms with Gasteiger partial charge in [0.2, 0.25) is 0 Å². The number of para-hydroxylation sites is 1. The van der Waals surface area contributed by atoms with Crippen molar-refractivity contribution in [1.82, 2.24) is 9.55 Å². The zero-order chi connectivity index (χ0) is 12.4. The Hall–Kier alpha value is -1.29. The van der Waals surface area contributed by atoms with Gasteiger partial charge in [0.25, 0.3) is 0 Å². The summed E-state index contributed by atoms with van der Waals surface area (Å²) in [7, 11) is 0. The fraction of sp³-hybridized carbons (Fsp3) is 0.308. The molecule has 90 valence electrons. The molecule has 1 aromatic carbocycles. The molecule has 0 spiro atoms. The van der Waals surface area contributed by atoms with E-state index in [0.717, 1.165) is 15.9 Å². The van der Waals surface area contributed by atoms with Gasteiger partial charge in [-0.15, -0.1) is 0 Å². The third kappa shape index (κ3) is 2.69. The average molecular weight is 295 g/mol. The summed E-state index contributed by atoms with van der Waals surface area (Å²) in [5.74, 6) is 0.778. The Morgan fingerprint density at radius 3 is 2.65 bits per heavy atom. The lowest BCUT2D eigenvalue weighted by atomic mass is 10.3. The van der Waals surface area contributed by atoms with Crippen molar-refractivity contribution >= 4 is 15.9 Å². The van der Waals surface area contributed by atoms with Crippen LogP contribution in [0.3, 0.4) is 0 Å². The molecule has 0 aliphatic carbocycles. The molecule has 0 atom stereocenters. The van der Waals surface area contributed by atoms with Gasteiger partial charge in [0.15, 0.2) is 0 Å². The van der Waals surface area contributed by atoms with Crippen LogP contribution in [-0.4, -0.2) is 9.55 Å². The highest BCUT2D eigenvalue weighted by Gasteiger charge is 2.11. The van der Waals surface area contributed by atoms with Gasteiger partial charge in [-0.2, -0.15) is 0 Å². The van der Waals surface area contributed by atoms with Crippen LogP contribution < -0.4 is 4.74 Å². The van der Waals surface area contributed by atoms with Crippen molar-refractivity contribution in [3.05, 3.63) is 40.6 Å². The number of imidazole rings is 1. The molecule has 0 amide bonds. The van der Waals surface area contributed by atoms with Crippen LogP contribution in [0.15, 0.2) is 34.9 Å². The zero-order valence-electron chi connectivity index (χ0n) is 10.1. The second kappa shape index (κ2) is 4.92. The Morgan fingerprint density at radius 1 is 1.29 bits per heavy atom. The second-order valence-corrected chi connectivity index (χ2v) is 5.05. The molecule has 0 saturated carbocycles. The van der Waals surface area contributed by atoms with E-state index in [0.29, 0.717) is 12.1 Å². The van der Waals surface area contributed by atoms with Crippen molar-refractivity contribution in [2.75, 3.05) is 0 Å². The number of hydrogen-bond donors (Lipinski definition) is 0. The maximum absolute atomic E-state index is 5.83. The Bertz CT molecular complexity index is 520. The maximum atomic E-state index is 5.83. The van der Waals surface area contributed by atoms with Gasteiger partial charge in [-0.25, -0.2) is 4.98 Å². The molecule has 0 N–H and O–H groups in total. The van der Waals surface area contributed by atoms with Crippen molar-refractivity contribution in [3.8, 4) is 11.8 Å². The summed E-state index contributed by atoms with van der Waals surface area (Å²) in [5, 5.41) is 0. The molecule has 0 radical (unpaired) electrons. The van der Waals surface area contributed by atoms with E-state index >= 15 is 0 Å². The molecule has 3 nitrogen and oxygen atoms in total. The van der Waals surface area contributed by atoms with Crippen molar-refractivity contribution in [3.63, 3.8) is 0 Å². The first-order valence-corrected chi connectivity index (χ1v) is 6.35. The van der Waals surface area contributed by atoms with E-state index in [1.54, 1.807) is 0 Å². The Balaban J connectivity index is 2.33. The molecule has 0 fully saturated rings. The van der Waals surface area contributed by atoms with E-state index in [1.165, 1.54) is 0 Å². The van der Waals surface area contributed by atoms with Crippen LogP contribution in [0.4, 0.5) is 0 Å². The molecule has 2 aromatic rings. The van der Waals surface area contributed by atoms with Gasteiger partial charge < -0.3 is 4.74 Å². The standard InChI is InChI=1S/C13H15BrN2O/c1-9(2)16-8-10(3)15-13(16)17-12-7-5-4-6-11(12)14/h4-9H,1-3H3. The lowest BCUT2D eigenvalue weighted by Gasteiger charge is -2.12. The summed E-state index contributed by atoms with van der Waals surface area (Å²) < 4.78 is 8.78. The molecule has 0 saturated heterocycles. The van der Waals surface area contributed by atoms with Crippen LogP contribution in [0.5, 0.6) is 11.8 Å². The average Bonchev–Trinajstić information content (AvgIpc) is 2.63. The molecule has 0 bridgehead atoms. The lowest BCUT2D eigenvalue weighted by Crippen LogP contribution is -2.02. The van der Waals surface area contributed by atoms with Gasteiger partial charge in [-0.3, -0.25) is 4.57 Å². The van der Waals surface area contributed by atoms with E-state index in [-0.39, 0.29) is 0 Å². The van der Waals surface area contributed by atoms with Crippen LogP contribution in [0.25, 0.3) is 0 Å². The number of hydrogen-bond acceptors (Lipinski definition) is 2. The van der Waals surface area contributed by atoms with Crippen LogP contribution in [0.1, 0.15) is 25.6 Å². The summed E-state index contributed by atoms with van der Waals surface area (Å²) in [6.45, 7) is 6.17. The van der Waals surface area contributed by atoms with E-state index in [9.17, 15) is 0 Å². The normalized spacial score (nSPS) is 10.9. The fourth-order valence-corrected chi connectivity index (χ4v) is 1.93. The third-order valence-electron chi connectivity index (χ3n) is 2.41. The van der Waals surface area contributed by atoms with Crippen molar-refractivity contribution < 1.29 is 4.74 Å². The predicted molar refractivity (Wildman–Crippen MR) is 71.6 cm³/mol. The first-order valence-electron chi connectivity index (χ1n) is 5.56. The number of benzene rings is 1. The largest absolute Gasteiger partial charge is 0.424 e. The SMILES string of the molecule is Cc1cn(C(C)C)c(Oc2ccccc2Br)n1. The van der Waals surface area contributed by atoms with Gasteiger partial charge in [0.05, 0.1) is 10.2 Å². The maximum Gasteiger partial charge on any atom is 0.302 e. The topological polar surface area (TPSA) is 27.1 Å². The monoisotopic (exact) mass is 294 g/mol. The van der Waals surface area contributed by atoms with Gasteiger partial charge in [0, 0.05) is 12.2 Å². The van der Waals surface area contributed by atoms with Crippen molar-refractivity contribution in [1.29, 1.82) is 0 Å². The first-order chi connectivity index (χ1) is 8.08. The van der Waals surface area contributed by atoms with Crippen LogP contribution in [-0.2, 0) is 0 Å². The third-order valence-corrected chi connectivity index (χ3v) is 3.07. The van der Waals surface area contributed by atoms with E-state index < -0.39 is 0 Å². The smallest absolute Gasteiger partial charge is 0.302 e. The van der Waals surface area contributed by atoms with Gasteiger partial charge >= 0.3 is 6.01 Å². The first kappa shape index (κ1) is 12.2. The molecule has 4 heteroatoms. The van der Waals surface area contributed by atoms with Crippen LogP contribution in [0, 0.1) is 6.92 Å². The number of aromatic nitrogens is 2. The minimum absolute atomic E-state index is 0.327. The Kier molecular flexibility index (Phi) is 3.52. The summed E-state index contributed by atoms with van der Waals surface area (Å²) in [6, 6.07) is 8.72. The van der Waals surface area contributed by atoms with Crippen LogP contribution in [0.2, 0.25) is 0 Å². The highest BCUT2D eigenvalue weighted by Crippen LogP contribution is 2.29. The molecule has 1 aromatic heterocycles. The fourth-order valence-electron chi connectivity index (χ4n) is 1.57. The molecule has 1 heterocycles. The summed E-state index contributed by atoms with van der Waals surface area (Å²) in [4.78, 5) is 4.39. The minimum atomic E-state index is 0.327. The highest BCUT2D eigenvalue weighted by molar-refractivity contribution is 9.10. The summed E-state index contributed by atoms with van der Waals surface area (Å²) in [5.41, 5.74) is 0.959. The molecule has 0 aliphatic rings. The van der Waals surface area contributed by atoms with Gasteiger partial charge in [-0.05, 0) is 48.8 Å². The molecule has 0 unspecified atom stereocenters. The molecular formula is C13H15BrN2O. The van der Waals surface area contributed by atoms with Crippen molar-refractivity contribution in [2.24, 2.45) is 0 Å². The molecule has 0 aliphatic heterocycles.